The predicted molar refractivity (Wildman–Crippen MR) is 51.8 cm³/mol. The van der Waals surface area contributed by atoms with Gasteiger partial charge in [0.15, 0.2) is 0 Å². The Morgan fingerprint density at radius 1 is 1.00 bits per heavy atom. The van der Waals surface area contributed by atoms with E-state index in [2.05, 4.69) is 0 Å². The maximum Gasteiger partial charge on any atom is 0.416 e. The number of halogens is 3. The highest BCUT2D eigenvalue weighted by Crippen LogP contribution is 2.38. The first-order valence-electron chi connectivity index (χ1n) is 4.53. The Balaban J connectivity index is 3.41. The second kappa shape index (κ2) is 3.43. The Labute approximate surface area is 86.5 Å². The van der Waals surface area contributed by atoms with Gasteiger partial charge >= 0.3 is 6.18 Å². The van der Waals surface area contributed by atoms with Crippen molar-refractivity contribution < 1.29 is 18.3 Å². The molecule has 0 saturated heterocycles. The number of benzene rings is 1. The molecule has 0 radical (unpaired) electrons. The number of phenolic OH excluding ortho intramolecular Hbond substituents is 1. The van der Waals surface area contributed by atoms with Crippen LogP contribution in [0.25, 0.3) is 0 Å². The molecule has 0 heterocycles. The fourth-order valence-corrected chi connectivity index (χ4v) is 1.42. The normalized spacial score (nSPS) is 12.9. The van der Waals surface area contributed by atoms with Crippen molar-refractivity contribution in [1.29, 1.82) is 0 Å². The molecule has 0 saturated carbocycles. The van der Waals surface area contributed by atoms with E-state index in [9.17, 15) is 13.2 Å². The minimum atomic E-state index is -4.43. The van der Waals surface area contributed by atoms with Gasteiger partial charge < -0.3 is 5.11 Å². The van der Waals surface area contributed by atoms with Crippen molar-refractivity contribution in [3.8, 4) is 5.75 Å². The van der Waals surface area contributed by atoms with Gasteiger partial charge in [-0.1, -0.05) is 26.8 Å². The van der Waals surface area contributed by atoms with Gasteiger partial charge in [-0.15, -0.1) is 0 Å². The Hall–Kier alpha value is -1.19. The van der Waals surface area contributed by atoms with E-state index in [1.54, 1.807) is 20.8 Å². The Bertz CT molecular complexity index is 361. The lowest BCUT2D eigenvalue weighted by molar-refractivity contribution is -0.138. The van der Waals surface area contributed by atoms with Gasteiger partial charge in [0.1, 0.15) is 5.75 Å². The highest BCUT2D eigenvalue weighted by Gasteiger charge is 2.36. The maximum atomic E-state index is 12.6. The summed E-state index contributed by atoms with van der Waals surface area (Å²) in [4.78, 5) is 0. The Kier molecular flexibility index (Phi) is 2.72. The summed E-state index contributed by atoms with van der Waals surface area (Å²) in [5.74, 6) is -0.365. The molecule has 1 aromatic carbocycles. The van der Waals surface area contributed by atoms with Crippen LogP contribution in [0.15, 0.2) is 18.2 Å². The molecular formula is C11H13F3O. The molecule has 1 rings (SSSR count). The van der Waals surface area contributed by atoms with Crippen LogP contribution >= 0.6 is 0 Å². The quantitative estimate of drug-likeness (QED) is 0.703. The predicted octanol–water partition coefficient (Wildman–Crippen LogP) is 3.71. The number of hydrogen-bond acceptors (Lipinski definition) is 1. The molecule has 0 spiro atoms. The first-order chi connectivity index (χ1) is 6.62. The number of aromatic hydroxyl groups is 1. The topological polar surface area (TPSA) is 20.2 Å². The number of rotatable bonds is 0. The van der Waals surface area contributed by atoms with Gasteiger partial charge in [-0.25, -0.2) is 0 Å². The standard InChI is InChI=1S/C11H13F3O/c1-10(2,3)8-5-4-7(15)6-9(8)11(12,13)14/h4-6,15H,1-3H3. The van der Waals surface area contributed by atoms with Gasteiger partial charge in [0.2, 0.25) is 0 Å². The van der Waals surface area contributed by atoms with Crippen molar-refractivity contribution in [2.75, 3.05) is 0 Å². The molecule has 0 aromatic heterocycles. The van der Waals surface area contributed by atoms with Gasteiger partial charge in [-0.3, -0.25) is 0 Å². The zero-order chi connectivity index (χ0) is 11.9. The largest absolute Gasteiger partial charge is 0.508 e. The van der Waals surface area contributed by atoms with Crippen LogP contribution in [-0.2, 0) is 11.6 Å². The molecule has 0 bridgehead atoms. The van der Waals surface area contributed by atoms with Crippen LogP contribution in [0.1, 0.15) is 31.9 Å². The third-order valence-corrected chi connectivity index (χ3v) is 2.12. The van der Waals surface area contributed by atoms with Gasteiger partial charge in [-0.05, 0) is 23.1 Å². The van der Waals surface area contributed by atoms with E-state index in [0.717, 1.165) is 6.07 Å². The highest BCUT2D eigenvalue weighted by molar-refractivity contribution is 5.40. The zero-order valence-corrected chi connectivity index (χ0v) is 8.81. The first-order valence-corrected chi connectivity index (χ1v) is 4.53. The molecule has 1 nitrogen and oxygen atoms in total. The summed E-state index contributed by atoms with van der Waals surface area (Å²) >= 11 is 0. The van der Waals surface area contributed by atoms with Crippen LogP contribution < -0.4 is 0 Å². The van der Waals surface area contributed by atoms with Crippen molar-refractivity contribution in [2.45, 2.75) is 32.4 Å². The molecule has 0 aliphatic rings. The first kappa shape index (κ1) is 11.9. The van der Waals surface area contributed by atoms with Crippen molar-refractivity contribution >= 4 is 0 Å². The third-order valence-electron chi connectivity index (χ3n) is 2.12. The molecule has 0 unspecified atom stereocenters. The lowest BCUT2D eigenvalue weighted by Gasteiger charge is -2.24. The van der Waals surface area contributed by atoms with E-state index in [4.69, 9.17) is 5.11 Å². The summed E-state index contributed by atoms with van der Waals surface area (Å²) in [6.07, 6.45) is -4.43. The fraction of sp³-hybridized carbons (Fsp3) is 0.455. The smallest absolute Gasteiger partial charge is 0.416 e. The zero-order valence-electron chi connectivity index (χ0n) is 8.81. The van der Waals surface area contributed by atoms with Gasteiger partial charge in [0.05, 0.1) is 5.56 Å². The summed E-state index contributed by atoms with van der Waals surface area (Å²) in [5.41, 5.74) is -1.18. The van der Waals surface area contributed by atoms with Gasteiger partial charge in [0, 0.05) is 0 Å². The summed E-state index contributed by atoms with van der Waals surface area (Å²) in [6, 6.07) is 3.36. The number of phenols is 1. The SMILES string of the molecule is CC(C)(C)c1ccc(O)cc1C(F)(F)F. The van der Waals surface area contributed by atoms with E-state index in [1.807, 2.05) is 0 Å². The highest BCUT2D eigenvalue weighted by atomic mass is 19.4. The number of hydrogen-bond donors (Lipinski definition) is 1. The second-order valence-electron chi connectivity index (χ2n) is 4.48. The molecule has 0 atom stereocenters. The average molecular weight is 218 g/mol. The lowest BCUT2D eigenvalue weighted by atomic mass is 9.83. The molecule has 0 aliphatic heterocycles. The molecule has 0 amide bonds. The van der Waals surface area contributed by atoms with E-state index >= 15 is 0 Å². The molecular weight excluding hydrogens is 205 g/mol. The van der Waals surface area contributed by atoms with Crippen LogP contribution in [0.5, 0.6) is 5.75 Å². The molecule has 0 fully saturated rings. The van der Waals surface area contributed by atoms with Crippen molar-refractivity contribution in [2.24, 2.45) is 0 Å². The molecule has 15 heavy (non-hydrogen) atoms. The summed E-state index contributed by atoms with van der Waals surface area (Å²) < 4.78 is 37.9. The summed E-state index contributed by atoms with van der Waals surface area (Å²) in [7, 11) is 0. The van der Waals surface area contributed by atoms with Crippen LogP contribution in [-0.4, -0.2) is 5.11 Å². The van der Waals surface area contributed by atoms with E-state index in [1.165, 1.54) is 12.1 Å². The monoisotopic (exact) mass is 218 g/mol. The second-order valence-corrected chi connectivity index (χ2v) is 4.48. The minimum Gasteiger partial charge on any atom is -0.508 e. The van der Waals surface area contributed by atoms with E-state index < -0.39 is 17.2 Å². The van der Waals surface area contributed by atoms with Crippen molar-refractivity contribution in [3.63, 3.8) is 0 Å². The lowest BCUT2D eigenvalue weighted by Crippen LogP contribution is -2.19. The Morgan fingerprint density at radius 2 is 1.53 bits per heavy atom. The van der Waals surface area contributed by atoms with Crippen LogP contribution in [0.2, 0.25) is 0 Å². The molecule has 1 N–H and O–H groups in total. The third kappa shape index (κ3) is 2.64. The maximum absolute atomic E-state index is 12.6. The molecule has 1 aromatic rings. The van der Waals surface area contributed by atoms with Crippen molar-refractivity contribution in [1.82, 2.24) is 0 Å². The molecule has 84 valence electrons. The van der Waals surface area contributed by atoms with Crippen molar-refractivity contribution in [3.05, 3.63) is 29.3 Å². The van der Waals surface area contributed by atoms with Crippen LogP contribution in [0, 0.1) is 0 Å². The average Bonchev–Trinajstić information content (AvgIpc) is 2.00. The summed E-state index contributed by atoms with van der Waals surface area (Å²) in [5, 5.41) is 9.07. The Morgan fingerprint density at radius 3 is 1.93 bits per heavy atom. The van der Waals surface area contributed by atoms with Crippen LogP contribution in [0.4, 0.5) is 13.2 Å². The minimum absolute atomic E-state index is 0.188. The molecule has 0 aliphatic carbocycles. The van der Waals surface area contributed by atoms with Gasteiger partial charge in [0.25, 0.3) is 0 Å². The summed E-state index contributed by atoms with van der Waals surface area (Å²) in [6.45, 7) is 5.11. The molecule has 4 heteroatoms. The van der Waals surface area contributed by atoms with Crippen LogP contribution in [0.3, 0.4) is 0 Å². The number of alkyl halides is 3. The van der Waals surface area contributed by atoms with E-state index in [-0.39, 0.29) is 11.3 Å². The fourth-order valence-electron chi connectivity index (χ4n) is 1.42. The van der Waals surface area contributed by atoms with Gasteiger partial charge in [-0.2, -0.15) is 13.2 Å². The van der Waals surface area contributed by atoms with E-state index in [0.29, 0.717) is 0 Å².